The molecule has 0 heterocycles. The van der Waals surface area contributed by atoms with Crippen molar-refractivity contribution in [2.75, 3.05) is 0 Å². The van der Waals surface area contributed by atoms with Crippen molar-refractivity contribution in [1.29, 1.82) is 0 Å². The second-order valence-electron chi connectivity index (χ2n) is 14.9. The molecule has 5 fully saturated rings. The van der Waals surface area contributed by atoms with Crippen LogP contribution in [0.1, 0.15) is 130 Å². The molecule has 0 aromatic rings. The van der Waals surface area contributed by atoms with E-state index < -0.39 is 11.6 Å². The molecule has 5 aliphatic rings. The van der Waals surface area contributed by atoms with E-state index in [1.54, 1.807) is 0 Å². The van der Waals surface area contributed by atoms with Gasteiger partial charge in [0.2, 0.25) is 0 Å². The molecule has 206 valence electrons. The van der Waals surface area contributed by atoms with Crippen LogP contribution in [0.3, 0.4) is 0 Å². The normalized spacial score (nSPS) is 48.0. The fraction of sp³-hybridized carbons (Fsp3) is 0.969. The smallest absolute Gasteiger partial charge is 0.303 e. The zero-order valence-electron chi connectivity index (χ0n) is 23.4. The summed E-state index contributed by atoms with van der Waals surface area (Å²) < 4.78 is 0. The standard InChI is InChI=1S/C32H54O4/c1-21(9-12-28(34)35)24-10-11-25-29-26(14-15-31(24,25)3)30(2)17-18-32(36,20-23(30)19-27(29)33)16-13-22-7-5-4-6-8-22/h21-27,29,33,36H,4-20H2,1-3H3,(H,34,35)/t21-,23-,24-,25+,26+,27-,29+,30+,31-,32-/m1/s1. The third-order valence-electron chi connectivity index (χ3n) is 13.2. The van der Waals surface area contributed by atoms with Gasteiger partial charge in [0.1, 0.15) is 0 Å². The monoisotopic (exact) mass is 502 g/mol. The molecule has 0 aliphatic heterocycles. The van der Waals surface area contributed by atoms with Gasteiger partial charge in [-0.15, -0.1) is 0 Å². The molecule has 36 heavy (non-hydrogen) atoms. The highest BCUT2D eigenvalue weighted by Crippen LogP contribution is 2.69. The summed E-state index contributed by atoms with van der Waals surface area (Å²) >= 11 is 0. The lowest BCUT2D eigenvalue weighted by atomic mass is 9.43. The van der Waals surface area contributed by atoms with E-state index in [2.05, 4.69) is 20.8 Å². The van der Waals surface area contributed by atoms with Crippen LogP contribution in [-0.4, -0.2) is 33.0 Å². The van der Waals surface area contributed by atoms with Gasteiger partial charge < -0.3 is 15.3 Å². The summed E-state index contributed by atoms with van der Waals surface area (Å²) in [6.45, 7) is 7.28. The number of fused-ring (bicyclic) bond motifs is 5. The Hall–Kier alpha value is -0.610. The fourth-order valence-corrected chi connectivity index (χ4v) is 11.0. The number of carboxylic acids is 1. The quantitative estimate of drug-likeness (QED) is 0.344. The molecule has 0 spiro atoms. The van der Waals surface area contributed by atoms with E-state index >= 15 is 0 Å². The number of aliphatic hydroxyl groups is 2. The van der Waals surface area contributed by atoms with E-state index in [0.29, 0.717) is 35.5 Å². The molecule has 0 bridgehead atoms. The molecule has 5 saturated carbocycles. The summed E-state index contributed by atoms with van der Waals surface area (Å²) in [5.74, 6) is 3.12. The minimum Gasteiger partial charge on any atom is -0.481 e. The Labute approximate surface area is 220 Å². The first-order valence-electron chi connectivity index (χ1n) is 15.7. The second-order valence-corrected chi connectivity index (χ2v) is 14.9. The van der Waals surface area contributed by atoms with Gasteiger partial charge in [-0.1, -0.05) is 52.9 Å². The maximum atomic E-state index is 11.7. The minimum atomic E-state index is -0.678. The van der Waals surface area contributed by atoms with E-state index in [1.165, 1.54) is 64.2 Å². The Bertz CT molecular complexity index is 791. The van der Waals surface area contributed by atoms with Gasteiger partial charge in [0.25, 0.3) is 0 Å². The first kappa shape index (κ1) is 27.0. The van der Waals surface area contributed by atoms with Crippen molar-refractivity contribution in [2.45, 2.75) is 142 Å². The van der Waals surface area contributed by atoms with Crippen LogP contribution < -0.4 is 0 Å². The van der Waals surface area contributed by atoms with Gasteiger partial charge in [-0.25, -0.2) is 0 Å². The second kappa shape index (κ2) is 10.2. The van der Waals surface area contributed by atoms with Gasteiger partial charge in [0.05, 0.1) is 11.7 Å². The third kappa shape index (κ3) is 4.80. The molecule has 4 nitrogen and oxygen atoms in total. The van der Waals surface area contributed by atoms with Gasteiger partial charge >= 0.3 is 5.97 Å². The van der Waals surface area contributed by atoms with E-state index in [4.69, 9.17) is 0 Å². The van der Waals surface area contributed by atoms with E-state index in [0.717, 1.165) is 44.4 Å². The number of aliphatic carboxylic acids is 1. The molecule has 3 N–H and O–H groups in total. The van der Waals surface area contributed by atoms with E-state index in [9.17, 15) is 20.1 Å². The van der Waals surface area contributed by atoms with Crippen LogP contribution in [0.4, 0.5) is 0 Å². The predicted octanol–water partition coefficient (Wildman–Crippen LogP) is 7.21. The molecule has 0 radical (unpaired) electrons. The number of carboxylic acid groups (broad SMARTS) is 1. The summed E-state index contributed by atoms with van der Waals surface area (Å²) in [7, 11) is 0. The fourth-order valence-electron chi connectivity index (χ4n) is 11.0. The van der Waals surface area contributed by atoms with Gasteiger partial charge in [0, 0.05) is 6.42 Å². The molecule has 5 rings (SSSR count). The van der Waals surface area contributed by atoms with E-state index in [1.807, 2.05) is 0 Å². The van der Waals surface area contributed by atoms with Crippen molar-refractivity contribution in [3.63, 3.8) is 0 Å². The molecule has 0 unspecified atom stereocenters. The first-order valence-corrected chi connectivity index (χ1v) is 15.7. The number of aliphatic hydroxyl groups excluding tert-OH is 1. The summed E-state index contributed by atoms with van der Waals surface area (Å²) in [5.41, 5.74) is -0.0383. The Morgan fingerprint density at radius 3 is 2.39 bits per heavy atom. The van der Waals surface area contributed by atoms with Crippen LogP contribution in [0.5, 0.6) is 0 Å². The van der Waals surface area contributed by atoms with Crippen molar-refractivity contribution in [3.05, 3.63) is 0 Å². The van der Waals surface area contributed by atoms with Gasteiger partial charge in [0.15, 0.2) is 0 Å². The predicted molar refractivity (Wildman–Crippen MR) is 143 cm³/mol. The molecular formula is C32H54O4. The number of carbonyl (C=O) groups is 1. The zero-order valence-corrected chi connectivity index (χ0v) is 23.4. The summed E-state index contributed by atoms with van der Waals surface area (Å²) in [6, 6.07) is 0. The molecule has 0 amide bonds. The molecule has 0 aromatic carbocycles. The van der Waals surface area contributed by atoms with Crippen molar-refractivity contribution in [3.8, 4) is 0 Å². The number of hydrogen-bond acceptors (Lipinski definition) is 3. The molecular weight excluding hydrogens is 448 g/mol. The van der Waals surface area contributed by atoms with Gasteiger partial charge in [-0.2, -0.15) is 0 Å². The van der Waals surface area contributed by atoms with Crippen LogP contribution in [-0.2, 0) is 4.79 Å². The van der Waals surface area contributed by atoms with Crippen LogP contribution >= 0.6 is 0 Å². The first-order chi connectivity index (χ1) is 17.1. The highest BCUT2D eigenvalue weighted by atomic mass is 16.4. The van der Waals surface area contributed by atoms with Crippen LogP contribution in [0.15, 0.2) is 0 Å². The lowest BCUT2D eigenvalue weighted by Gasteiger charge is -2.63. The van der Waals surface area contributed by atoms with Gasteiger partial charge in [-0.3, -0.25) is 4.79 Å². The Morgan fingerprint density at radius 1 is 0.944 bits per heavy atom. The summed E-state index contributed by atoms with van der Waals surface area (Å²) in [6.07, 6.45) is 18.5. The maximum absolute atomic E-state index is 11.7. The molecule has 10 atom stereocenters. The minimum absolute atomic E-state index is 0.235. The maximum Gasteiger partial charge on any atom is 0.303 e. The SMILES string of the molecule is C[C@H](CCC(=O)O)[C@H]1CC[C@H]2[C@@H]3[C@H](O)C[C@@H]4C[C@@](O)(CCC5CCCCC5)CC[C@]4(C)[C@H]3CC[C@]12C. The molecule has 0 saturated heterocycles. The topological polar surface area (TPSA) is 77.8 Å². The summed E-state index contributed by atoms with van der Waals surface area (Å²) in [5, 5.41) is 32.6. The van der Waals surface area contributed by atoms with Crippen molar-refractivity contribution in [2.24, 2.45) is 52.3 Å². The average molecular weight is 503 g/mol. The molecule has 0 aromatic heterocycles. The van der Waals surface area contributed by atoms with Crippen molar-refractivity contribution < 1.29 is 20.1 Å². The largest absolute Gasteiger partial charge is 0.481 e. The van der Waals surface area contributed by atoms with Crippen molar-refractivity contribution in [1.82, 2.24) is 0 Å². The molecule has 5 aliphatic carbocycles. The van der Waals surface area contributed by atoms with Crippen LogP contribution in [0, 0.1) is 52.3 Å². The Kier molecular flexibility index (Phi) is 7.62. The molecule has 4 heteroatoms. The van der Waals surface area contributed by atoms with Crippen LogP contribution in [0.25, 0.3) is 0 Å². The lowest BCUT2D eigenvalue weighted by Crippen LogP contribution is -2.60. The Morgan fingerprint density at radius 2 is 1.67 bits per heavy atom. The number of hydrogen-bond donors (Lipinski definition) is 3. The van der Waals surface area contributed by atoms with E-state index in [-0.39, 0.29) is 23.4 Å². The third-order valence-corrected chi connectivity index (χ3v) is 13.2. The highest BCUT2D eigenvalue weighted by Gasteiger charge is 2.63. The Balaban J connectivity index is 1.27. The average Bonchev–Trinajstić information content (AvgIpc) is 3.20. The van der Waals surface area contributed by atoms with Crippen LogP contribution in [0.2, 0.25) is 0 Å². The highest BCUT2D eigenvalue weighted by molar-refractivity contribution is 5.66. The summed E-state index contributed by atoms with van der Waals surface area (Å²) in [4.78, 5) is 11.2. The zero-order chi connectivity index (χ0) is 25.7. The lowest BCUT2D eigenvalue weighted by molar-refractivity contribution is -0.190. The van der Waals surface area contributed by atoms with Crippen molar-refractivity contribution >= 4 is 5.97 Å². The number of rotatable bonds is 7. The van der Waals surface area contributed by atoms with Gasteiger partial charge in [-0.05, 0) is 123 Å².